The number of ether oxygens (including phenoxy) is 1. The molecule has 2 aliphatic rings. The lowest BCUT2D eigenvalue weighted by Gasteiger charge is -2.33. The molecule has 0 bridgehead atoms. The minimum Gasteiger partial charge on any atom is -0.407 e. The second-order valence-electron chi connectivity index (χ2n) is 11.0. The molecule has 1 saturated heterocycles. The molecule has 1 atom stereocenters. The summed E-state index contributed by atoms with van der Waals surface area (Å²) in [5, 5.41) is 7.88. The fraction of sp³-hybridized carbons (Fsp3) is 0.281. The Kier molecular flexibility index (Phi) is 6.84. The predicted molar refractivity (Wildman–Crippen MR) is 161 cm³/mol. The number of aromatic nitrogens is 4. The van der Waals surface area contributed by atoms with Gasteiger partial charge in [-0.05, 0) is 48.6 Å². The summed E-state index contributed by atoms with van der Waals surface area (Å²) >= 11 is 0. The van der Waals surface area contributed by atoms with Crippen LogP contribution < -0.4 is 15.4 Å². The largest absolute Gasteiger partial charge is 0.412 e. The number of rotatable bonds is 6. The molecule has 43 heavy (non-hydrogen) atoms. The Labute approximate surface area is 246 Å². The molecule has 3 aromatic carbocycles. The van der Waals surface area contributed by atoms with Gasteiger partial charge in [-0.3, -0.25) is 9.36 Å². The van der Waals surface area contributed by atoms with E-state index in [1.807, 2.05) is 51.9 Å². The van der Waals surface area contributed by atoms with Crippen LogP contribution in [-0.2, 0) is 4.79 Å². The molecule has 11 heteroatoms. The molecule has 5 aromatic rings. The molecule has 2 N–H and O–H groups in total. The van der Waals surface area contributed by atoms with Gasteiger partial charge in [0.15, 0.2) is 11.6 Å². The van der Waals surface area contributed by atoms with E-state index in [0.29, 0.717) is 35.2 Å². The second kappa shape index (κ2) is 11.0. The van der Waals surface area contributed by atoms with Crippen molar-refractivity contribution in [3.05, 3.63) is 72.7 Å². The van der Waals surface area contributed by atoms with Gasteiger partial charge in [0.1, 0.15) is 11.6 Å². The first-order valence-electron chi connectivity index (χ1n) is 14.5. The number of hydrogen-bond acceptors (Lipinski definition) is 7. The Morgan fingerprint density at radius 3 is 2.65 bits per heavy atom. The van der Waals surface area contributed by atoms with E-state index in [0.717, 1.165) is 48.6 Å². The molecule has 0 unspecified atom stereocenters. The molecule has 3 heterocycles. The summed E-state index contributed by atoms with van der Waals surface area (Å²) in [6, 6.07) is 18.5. The fourth-order valence-corrected chi connectivity index (χ4v) is 5.67. The van der Waals surface area contributed by atoms with E-state index in [1.165, 1.54) is 19.2 Å². The number of anilines is 1. The van der Waals surface area contributed by atoms with Crippen molar-refractivity contribution in [2.75, 3.05) is 25.5 Å². The third-order valence-electron chi connectivity index (χ3n) is 7.99. The van der Waals surface area contributed by atoms with Crippen molar-refractivity contribution in [2.45, 2.75) is 31.7 Å². The van der Waals surface area contributed by atoms with Crippen LogP contribution in [0.4, 0.5) is 15.1 Å². The standard InChI is InChI=1S/C32H30FN7O3/c1-34-32(42)43-27-17-26-25(16-24(27)33)37-29(22-11-8-19-5-2-3-6-21(19)15-22)40(26)28-12-13-35-31(38-28)36-23-7-4-14-39(18-23)30(41)20-9-10-20/h2-3,5-6,8,11-13,15-17,20,23H,4,7,9-10,14,18H2,1H3,(H,34,42)(H,35,36,38)/t23-/m1/s1. The van der Waals surface area contributed by atoms with Gasteiger partial charge in [-0.1, -0.05) is 36.4 Å². The fourth-order valence-electron chi connectivity index (χ4n) is 5.67. The zero-order chi connectivity index (χ0) is 29.5. The van der Waals surface area contributed by atoms with Crippen LogP contribution in [0, 0.1) is 11.7 Å². The molecule has 10 nitrogen and oxygen atoms in total. The molecule has 1 aliphatic carbocycles. The van der Waals surface area contributed by atoms with Crippen molar-refractivity contribution in [2.24, 2.45) is 5.92 Å². The van der Waals surface area contributed by atoms with E-state index in [4.69, 9.17) is 14.7 Å². The molecule has 1 aliphatic heterocycles. The Hall–Kier alpha value is -5.06. The summed E-state index contributed by atoms with van der Waals surface area (Å²) in [5.74, 6) is 0.949. The number of benzene rings is 3. The summed E-state index contributed by atoms with van der Waals surface area (Å²) in [6.07, 6.45) is 4.65. The monoisotopic (exact) mass is 579 g/mol. The number of hydrogen-bond donors (Lipinski definition) is 2. The average molecular weight is 580 g/mol. The number of likely N-dealkylation sites (tertiary alicyclic amines) is 1. The highest BCUT2D eigenvalue weighted by atomic mass is 19.1. The molecule has 218 valence electrons. The SMILES string of the molecule is CNC(=O)Oc1cc2c(cc1F)nc(-c1ccc3ccccc3c1)n2-c1ccnc(N[C@@H]2CCCN(C(=O)C3CC3)C2)n1. The van der Waals surface area contributed by atoms with E-state index >= 15 is 4.39 Å². The number of piperidine rings is 1. The van der Waals surface area contributed by atoms with Crippen LogP contribution in [0.1, 0.15) is 25.7 Å². The third-order valence-corrected chi connectivity index (χ3v) is 7.99. The second-order valence-corrected chi connectivity index (χ2v) is 11.0. The van der Waals surface area contributed by atoms with Gasteiger partial charge in [0.05, 0.1) is 11.0 Å². The maximum atomic E-state index is 15.0. The summed E-state index contributed by atoms with van der Waals surface area (Å²) in [7, 11) is 1.41. The highest BCUT2D eigenvalue weighted by Gasteiger charge is 2.35. The topological polar surface area (TPSA) is 114 Å². The molecular formula is C32H30FN7O3. The summed E-state index contributed by atoms with van der Waals surface area (Å²) in [5.41, 5.74) is 1.69. The molecular weight excluding hydrogens is 549 g/mol. The first-order chi connectivity index (χ1) is 21.0. The van der Waals surface area contributed by atoms with Gasteiger partial charge in [-0.25, -0.2) is 19.2 Å². The van der Waals surface area contributed by atoms with Gasteiger partial charge in [-0.15, -0.1) is 0 Å². The molecule has 7 rings (SSSR count). The molecule has 0 radical (unpaired) electrons. The van der Waals surface area contributed by atoms with Crippen LogP contribution in [-0.4, -0.2) is 62.6 Å². The maximum Gasteiger partial charge on any atom is 0.412 e. The Morgan fingerprint density at radius 2 is 1.84 bits per heavy atom. The minimum absolute atomic E-state index is 0.0212. The zero-order valence-electron chi connectivity index (χ0n) is 23.6. The summed E-state index contributed by atoms with van der Waals surface area (Å²) in [6.45, 7) is 1.39. The lowest BCUT2D eigenvalue weighted by molar-refractivity contribution is -0.133. The normalized spacial score (nSPS) is 16.8. The lowest BCUT2D eigenvalue weighted by atomic mass is 10.1. The maximum absolute atomic E-state index is 15.0. The first kappa shape index (κ1) is 26.8. The van der Waals surface area contributed by atoms with E-state index in [-0.39, 0.29) is 23.6 Å². The van der Waals surface area contributed by atoms with Crippen molar-refractivity contribution in [3.8, 4) is 23.0 Å². The van der Waals surface area contributed by atoms with Gasteiger partial charge in [0.25, 0.3) is 0 Å². The lowest BCUT2D eigenvalue weighted by Crippen LogP contribution is -2.45. The number of amides is 2. The van der Waals surface area contributed by atoms with Crippen molar-refractivity contribution in [3.63, 3.8) is 0 Å². The smallest absolute Gasteiger partial charge is 0.407 e. The average Bonchev–Trinajstić information content (AvgIpc) is 3.82. The van der Waals surface area contributed by atoms with E-state index < -0.39 is 11.9 Å². The van der Waals surface area contributed by atoms with Gasteiger partial charge in [0.2, 0.25) is 11.9 Å². The molecule has 0 spiro atoms. The van der Waals surface area contributed by atoms with E-state index in [2.05, 4.69) is 15.6 Å². The Morgan fingerprint density at radius 1 is 1.00 bits per heavy atom. The molecule has 1 saturated carbocycles. The van der Waals surface area contributed by atoms with Crippen molar-refractivity contribution >= 4 is 39.8 Å². The van der Waals surface area contributed by atoms with Crippen molar-refractivity contribution in [1.82, 2.24) is 29.7 Å². The number of imidazole rings is 1. The van der Waals surface area contributed by atoms with Crippen LogP contribution in [0.3, 0.4) is 0 Å². The quantitative estimate of drug-likeness (QED) is 0.280. The number of halogens is 1. The Balaban J connectivity index is 1.30. The Bertz CT molecular complexity index is 1870. The minimum atomic E-state index is -0.783. The highest BCUT2D eigenvalue weighted by molar-refractivity contribution is 5.90. The molecule has 2 aromatic heterocycles. The highest BCUT2D eigenvalue weighted by Crippen LogP contribution is 2.34. The number of carbonyl (C=O) groups is 2. The third kappa shape index (κ3) is 5.33. The number of carbonyl (C=O) groups excluding carboxylic acids is 2. The molecule has 2 amide bonds. The van der Waals surface area contributed by atoms with Crippen LogP contribution in [0.15, 0.2) is 66.9 Å². The zero-order valence-corrected chi connectivity index (χ0v) is 23.6. The van der Waals surface area contributed by atoms with Crippen LogP contribution >= 0.6 is 0 Å². The van der Waals surface area contributed by atoms with Crippen molar-refractivity contribution in [1.29, 1.82) is 0 Å². The predicted octanol–water partition coefficient (Wildman–Crippen LogP) is 5.31. The van der Waals surface area contributed by atoms with Crippen LogP contribution in [0.5, 0.6) is 5.75 Å². The van der Waals surface area contributed by atoms with E-state index in [1.54, 1.807) is 12.3 Å². The van der Waals surface area contributed by atoms with Gasteiger partial charge < -0.3 is 20.3 Å². The summed E-state index contributed by atoms with van der Waals surface area (Å²) in [4.78, 5) is 40.7. The van der Waals surface area contributed by atoms with E-state index in [9.17, 15) is 9.59 Å². The number of fused-ring (bicyclic) bond motifs is 2. The first-order valence-corrected chi connectivity index (χ1v) is 14.5. The molecule has 2 fully saturated rings. The van der Waals surface area contributed by atoms with Crippen LogP contribution in [0.2, 0.25) is 0 Å². The van der Waals surface area contributed by atoms with Gasteiger partial charge in [0, 0.05) is 56.0 Å². The number of nitrogens with zero attached hydrogens (tertiary/aromatic N) is 5. The summed E-state index contributed by atoms with van der Waals surface area (Å²) < 4.78 is 22.0. The number of nitrogens with one attached hydrogen (secondary N) is 2. The van der Waals surface area contributed by atoms with Gasteiger partial charge in [-0.2, -0.15) is 4.98 Å². The van der Waals surface area contributed by atoms with Crippen molar-refractivity contribution < 1.29 is 18.7 Å². The van der Waals surface area contributed by atoms with Crippen LogP contribution in [0.25, 0.3) is 39.0 Å². The van der Waals surface area contributed by atoms with Gasteiger partial charge >= 0.3 is 6.09 Å².